The molecule has 0 fully saturated rings. The molecule has 36 heavy (non-hydrogen) atoms. The summed E-state index contributed by atoms with van der Waals surface area (Å²) in [7, 11) is 3.01. The fraction of sp³-hybridized carbons (Fsp3) is 0.103. The van der Waals surface area contributed by atoms with Crippen LogP contribution in [0, 0.1) is 0 Å². The van der Waals surface area contributed by atoms with E-state index in [-0.39, 0.29) is 16.8 Å². The second-order valence-corrected chi connectivity index (χ2v) is 8.79. The fourth-order valence-electron chi connectivity index (χ4n) is 4.77. The predicted octanol–water partition coefficient (Wildman–Crippen LogP) is 4.09. The molecule has 5 aromatic rings. The molecule has 0 amide bonds. The topological polar surface area (TPSA) is 83.2 Å². The van der Waals surface area contributed by atoms with Gasteiger partial charge in [0.25, 0.3) is 5.56 Å². The van der Waals surface area contributed by atoms with E-state index in [1.165, 1.54) is 11.6 Å². The van der Waals surface area contributed by atoms with Gasteiger partial charge in [0, 0.05) is 30.8 Å². The van der Waals surface area contributed by atoms with Crippen LogP contribution in [0.15, 0.2) is 88.5 Å². The zero-order valence-electron chi connectivity index (χ0n) is 19.7. The van der Waals surface area contributed by atoms with Gasteiger partial charge in [-0.05, 0) is 23.3 Å². The molecule has 7 nitrogen and oxygen atoms in total. The molecule has 0 saturated carbocycles. The van der Waals surface area contributed by atoms with Crippen molar-refractivity contribution in [2.24, 2.45) is 14.1 Å². The summed E-state index contributed by atoms with van der Waals surface area (Å²) in [6.07, 6.45) is 0. The second-order valence-electron chi connectivity index (χ2n) is 8.79. The maximum absolute atomic E-state index is 13.6. The third-order valence-electron chi connectivity index (χ3n) is 6.63. The molecule has 3 aromatic carbocycles. The number of hydrogen-bond donors (Lipinski definition) is 0. The van der Waals surface area contributed by atoms with Crippen LogP contribution in [0.2, 0.25) is 0 Å². The van der Waals surface area contributed by atoms with Crippen LogP contribution in [0.25, 0.3) is 33.4 Å². The smallest absolute Gasteiger partial charge is 0.332 e. The van der Waals surface area contributed by atoms with Crippen LogP contribution in [0.3, 0.4) is 0 Å². The molecule has 0 spiro atoms. The average Bonchev–Trinajstić information content (AvgIpc) is 3.21. The van der Waals surface area contributed by atoms with E-state index in [0.717, 1.165) is 10.1 Å². The number of carbonyl (C=O) groups is 1. The van der Waals surface area contributed by atoms with Crippen molar-refractivity contribution in [1.29, 1.82) is 0 Å². The molecule has 1 aliphatic carbocycles. The molecule has 0 aliphatic heterocycles. The minimum absolute atomic E-state index is 0.190. The van der Waals surface area contributed by atoms with Crippen molar-refractivity contribution >= 4 is 16.8 Å². The van der Waals surface area contributed by atoms with Gasteiger partial charge in [0.2, 0.25) is 0 Å². The molecular weight excluding hydrogens is 454 g/mol. The van der Waals surface area contributed by atoms with Crippen molar-refractivity contribution in [3.05, 3.63) is 116 Å². The maximum atomic E-state index is 13.6. The van der Waals surface area contributed by atoms with Crippen molar-refractivity contribution in [3.8, 4) is 28.1 Å². The Hall–Kier alpha value is -4.78. The number of carbonyl (C=O) groups excluding carboxylic acids is 1. The van der Waals surface area contributed by atoms with Crippen LogP contribution in [-0.2, 0) is 20.7 Å². The zero-order chi connectivity index (χ0) is 25.0. The molecule has 0 bridgehead atoms. The van der Waals surface area contributed by atoms with Gasteiger partial charge < -0.3 is 4.74 Å². The number of rotatable bonds is 4. The van der Waals surface area contributed by atoms with Gasteiger partial charge in [0.1, 0.15) is 12.4 Å². The Morgan fingerprint density at radius 2 is 1.42 bits per heavy atom. The van der Waals surface area contributed by atoms with Gasteiger partial charge in [-0.2, -0.15) is 0 Å². The zero-order valence-corrected chi connectivity index (χ0v) is 19.7. The maximum Gasteiger partial charge on any atom is 0.332 e. The molecule has 0 radical (unpaired) electrons. The van der Waals surface area contributed by atoms with Crippen molar-refractivity contribution in [2.75, 3.05) is 0 Å². The fourth-order valence-corrected chi connectivity index (χ4v) is 4.77. The number of nitrogens with zero attached hydrogens (tertiary/aromatic N) is 3. The number of fused-ring (bicyclic) bond motifs is 4. The van der Waals surface area contributed by atoms with Crippen molar-refractivity contribution in [3.63, 3.8) is 0 Å². The predicted molar refractivity (Wildman–Crippen MR) is 137 cm³/mol. The standard InChI is InChI=1S/C29H21N3O4/c1-31-27-24(28(34)32(2)29(31)35)22(23-25(30-27)20-10-6-7-11-21(20)26(23)33)18-12-14-19(15-13-18)36-16-17-8-4-3-5-9-17/h3-15H,16H2,1-2H3. The number of pyridine rings is 1. The molecule has 0 saturated heterocycles. The summed E-state index contributed by atoms with van der Waals surface area (Å²) in [6.45, 7) is 0.421. The number of aryl methyl sites for hydroxylation is 1. The minimum Gasteiger partial charge on any atom is -0.489 e. The van der Waals surface area contributed by atoms with Crippen LogP contribution in [0.4, 0.5) is 0 Å². The quantitative estimate of drug-likeness (QED) is 0.384. The van der Waals surface area contributed by atoms with Gasteiger partial charge in [0.05, 0.1) is 16.6 Å². The summed E-state index contributed by atoms with van der Waals surface area (Å²) in [4.78, 5) is 44.3. The number of benzene rings is 3. The van der Waals surface area contributed by atoms with E-state index in [1.807, 2.05) is 66.7 Å². The molecule has 0 N–H and O–H groups in total. The van der Waals surface area contributed by atoms with E-state index in [4.69, 9.17) is 4.74 Å². The third kappa shape index (κ3) is 3.20. The lowest BCUT2D eigenvalue weighted by Gasteiger charge is -2.15. The first-order valence-corrected chi connectivity index (χ1v) is 11.5. The molecular formula is C29H21N3O4. The molecule has 1 aliphatic rings. The monoisotopic (exact) mass is 475 g/mol. The molecule has 0 unspecified atom stereocenters. The lowest BCUT2D eigenvalue weighted by molar-refractivity contribution is 0.104. The highest BCUT2D eigenvalue weighted by molar-refractivity contribution is 6.26. The molecule has 2 heterocycles. The normalized spacial score (nSPS) is 12.0. The lowest BCUT2D eigenvalue weighted by Crippen LogP contribution is -2.37. The van der Waals surface area contributed by atoms with Crippen LogP contribution in [0.5, 0.6) is 5.75 Å². The first kappa shape index (κ1) is 21.7. The van der Waals surface area contributed by atoms with E-state index < -0.39 is 11.2 Å². The highest BCUT2D eigenvalue weighted by Gasteiger charge is 2.34. The second kappa shape index (κ2) is 8.16. The summed E-state index contributed by atoms with van der Waals surface area (Å²) in [6, 6.07) is 24.4. The van der Waals surface area contributed by atoms with Gasteiger partial charge in [-0.1, -0.05) is 66.7 Å². The van der Waals surface area contributed by atoms with Gasteiger partial charge >= 0.3 is 5.69 Å². The largest absolute Gasteiger partial charge is 0.489 e. The number of ketones is 1. The highest BCUT2D eigenvalue weighted by Crippen LogP contribution is 2.43. The van der Waals surface area contributed by atoms with E-state index in [0.29, 0.717) is 45.9 Å². The Balaban J connectivity index is 1.57. The Labute approximate surface area is 205 Å². The van der Waals surface area contributed by atoms with Crippen molar-refractivity contribution in [2.45, 2.75) is 6.61 Å². The Morgan fingerprint density at radius 1 is 0.750 bits per heavy atom. The van der Waals surface area contributed by atoms with Gasteiger partial charge in [0.15, 0.2) is 11.4 Å². The van der Waals surface area contributed by atoms with Crippen LogP contribution in [0.1, 0.15) is 21.5 Å². The lowest BCUT2D eigenvalue weighted by atomic mass is 9.95. The Kier molecular flexibility index (Phi) is 4.93. The summed E-state index contributed by atoms with van der Waals surface area (Å²) in [5.74, 6) is 0.470. The Bertz CT molecular complexity index is 1800. The Morgan fingerprint density at radius 3 is 2.14 bits per heavy atom. The van der Waals surface area contributed by atoms with Gasteiger partial charge in [-0.3, -0.25) is 18.7 Å². The van der Waals surface area contributed by atoms with Crippen molar-refractivity contribution in [1.82, 2.24) is 14.1 Å². The summed E-state index contributed by atoms with van der Waals surface area (Å²) in [5, 5.41) is 0.234. The average molecular weight is 476 g/mol. The van der Waals surface area contributed by atoms with E-state index in [1.54, 1.807) is 19.2 Å². The molecule has 0 atom stereocenters. The highest BCUT2D eigenvalue weighted by atomic mass is 16.5. The van der Waals surface area contributed by atoms with Crippen molar-refractivity contribution < 1.29 is 9.53 Å². The van der Waals surface area contributed by atoms with Crippen LogP contribution < -0.4 is 16.0 Å². The molecule has 7 heteroatoms. The van der Waals surface area contributed by atoms with E-state index in [9.17, 15) is 14.4 Å². The molecule has 2 aromatic heterocycles. The van der Waals surface area contributed by atoms with Gasteiger partial charge in [-0.15, -0.1) is 0 Å². The summed E-state index contributed by atoms with van der Waals surface area (Å²) >= 11 is 0. The SMILES string of the molecule is Cn1c(=O)c2c(-c3ccc(OCc4ccccc4)cc3)c3c(nc2n(C)c1=O)-c1ccccc1C3=O. The first-order valence-electron chi connectivity index (χ1n) is 11.5. The third-order valence-corrected chi connectivity index (χ3v) is 6.63. The number of aromatic nitrogens is 3. The molecule has 6 rings (SSSR count). The number of hydrogen-bond acceptors (Lipinski definition) is 5. The summed E-state index contributed by atoms with van der Waals surface area (Å²) < 4.78 is 8.32. The molecule has 176 valence electrons. The minimum atomic E-state index is -0.494. The summed E-state index contributed by atoms with van der Waals surface area (Å²) in [5.41, 5.74) is 3.53. The first-order chi connectivity index (χ1) is 17.5. The van der Waals surface area contributed by atoms with E-state index >= 15 is 0 Å². The van der Waals surface area contributed by atoms with Crippen LogP contribution >= 0.6 is 0 Å². The van der Waals surface area contributed by atoms with Gasteiger partial charge in [-0.25, -0.2) is 9.78 Å². The van der Waals surface area contributed by atoms with Crippen LogP contribution in [-0.4, -0.2) is 19.9 Å². The van der Waals surface area contributed by atoms with E-state index in [2.05, 4.69) is 4.98 Å². The number of ether oxygens (including phenoxy) is 1.